The summed E-state index contributed by atoms with van der Waals surface area (Å²) in [6.45, 7) is 8.68. The van der Waals surface area contributed by atoms with Crippen LogP contribution in [0.4, 0.5) is 5.69 Å². The van der Waals surface area contributed by atoms with Gasteiger partial charge in [0.05, 0.1) is 4.88 Å². The summed E-state index contributed by atoms with van der Waals surface area (Å²) in [6, 6.07) is 13.9. The van der Waals surface area contributed by atoms with Crippen molar-refractivity contribution >= 4 is 22.9 Å². The topological polar surface area (TPSA) is 38.3 Å². The molecule has 0 saturated heterocycles. The zero-order valence-electron chi connectivity index (χ0n) is 15.6. The molecule has 3 aromatic rings. The van der Waals surface area contributed by atoms with Gasteiger partial charge in [-0.1, -0.05) is 18.2 Å². The molecule has 0 radical (unpaired) electrons. The fourth-order valence-electron chi connectivity index (χ4n) is 2.62. The van der Waals surface area contributed by atoms with Crippen LogP contribution in [0.3, 0.4) is 0 Å². The van der Waals surface area contributed by atoms with Crippen LogP contribution in [-0.4, -0.2) is 5.91 Å². The predicted octanol–water partition coefficient (Wildman–Crippen LogP) is 5.81. The van der Waals surface area contributed by atoms with Crippen molar-refractivity contribution in [2.75, 3.05) is 5.32 Å². The van der Waals surface area contributed by atoms with Crippen LogP contribution in [-0.2, 0) is 6.61 Å². The quantitative estimate of drug-likeness (QED) is 0.619. The molecule has 0 fully saturated rings. The summed E-state index contributed by atoms with van der Waals surface area (Å²) in [5, 5.41) is 4.93. The predicted molar refractivity (Wildman–Crippen MR) is 108 cm³/mol. The number of nitrogens with one attached hydrogen (secondary N) is 1. The van der Waals surface area contributed by atoms with E-state index in [0.29, 0.717) is 11.5 Å². The zero-order valence-corrected chi connectivity index (χ0v) is 16.4. The van der Waals surface area contributed by atoms with E-state index < -0.39 is 0 Å². The summed E-state index contributed by atoms with van der Waals surface area (Å²) in [4.78, 5) is 13.1. The summed E-state index contributed by atoms with van der Waals surface area (Å²) in [6.07, 6.45) is 0. The van der Waals surface area contributed by atoms with E-state index in [1.807, 2.05) is 48.7 Å². The number of hydrogen-bond acceptors (Lipinski definition) is 3. The Labute approximate surface area is 158 Å². The Morgan fingerprint density at radius 1 is 1.00 bits per heavy atom. The molecule has 26 heavy (non-hydrogen) atoms. The van der Waals surface area contributed by atoms with Gasteiger partial charge in [-0.05, 0) is 79.6 Å². The summed E-state index contributed by atoms with van der Waals surface area (Å²) in [5.74, 6) is 0.800. The van der Waals surface area contributed by atoms with Crippen LogP contribution in [0.1, 0.15) is 37.5 Å². The molecule has 0 aliphatic heterocycles. The van der Waals surface area contributed by atoms with Gasteiger partial charge in [0, 0.05) is 11.3 Å². The van der Waals surface area contributed by atoms with Crippen LogP contribution in [0.2, 0.25) is 0 Å². The first-order valence-corrected chi connectivity index (χ1v) is 9.47. The van der Waals surface area contributed by atoms with E-state index in [0.717, 1.165) is 28.1 Å². The fraction of sp³-hybridized carbons (Fsp3) is 0.227. The van der Waals surface area contributed by atoms with Gasteiger partial charge in [0.25, 0.3) is 5.91 Å². The number of thiophene rings is 1. The summed E-state index contributed by atoms with van der Waals surface area (Å²) in [7, 11) is 0. The molecular formula is C22H23NO2S. The second-order valence-electron chi connectivity index (χ2n) is 6.56. The number of ether oxygens (including phenoxy) is 1. The molecule has 0 saturated carbocycles. The molecule has 3 rings (SSSR count). The van der Waals surface area contributed by atoms with Crippen molar-refractivity contribution in [2.24, 2.45) is 0 Å². The molecule has 0 atom stereocenters. The van der Waals surface area contributed by atoms with Crippen LogP contribution in [0, 0.1) is 27.7 Å². The third kappa shape index (κ3) is 4.14. The molecule has 1 heterocycles. The lowest BCUT2D eigenvalue weighted by atomic mass is 10.1. The van der Waals surface area contributed by atoms with Crippen molar-refractivity contribution in [1.29, 1.82) is 0 Å². The molecule has 0 bridgehead atoms. The highest BCUT2D eigenvalue weighted by Crippen LogP contribution is 2.23. The van der Waals surface area contributed by atoms with E-state index in [-0.39, 0.29) is 5.91 Å². The number of rotatable bonds is 5. The van der Waals surface area contributed by atoms with Crippen molar-refractivity contribution in [1.82, 2.24) is 0 Å². The first-order valence-electron chi connectivity index (χ1n) is 8.59. The van der Waals surface area contributed by atoms with Gasteiger partial charge in [0.2, 0.25) is 0 Å². The molecular weight excluding hydrogens is 342 g/mol. The van der Waals surface area contributed by atoms with E-state index in [9.17, 15) is 4.79 Å². The second-order valence-corrected chi connectivity index (χ2v) is 7.47. The van der Waals surface area contributed by atoms with Crippen molar-refractivity contribution in [3.63, 3.8) is 0 Å². The Morgan fingerprint density at radius 2 is 1.81 bits per heavy atom. The Bertz CT molecular complexity index is 943. The maximum absolute atomic E-state index is 12.5. The lowest BCUT2D eigenvalue weighted by molar-refractivity contribution is 0.103. The highest BCUT2D eigenvalue weighted by molar-refractivity contribution is 7.12. The van der Waals surface area contributed by atoms with Crippen molar-refractivity contribution in [2.45, 2.75) is 34.3 Å². The molecule has 0 aliphatic carbocycles. The fourth-order valence-corrected chi connectivity index (χ4v) is 3.42. The first kappa shape index (κ1) is 18.2. The number of amides is 1. The average molecular weight is 365 g/mol. The Hall–Kier alpha value is -2.59. The second kappa shape index (κ2) is 7.75. The molecule has 1 N–H and O–H groups in total. The van der Waals surface area contributed by atoms with Crippen LogP contribution in [0.25, 0.3) is 0 Å². The van der Waals surface area contributed by atoms with Gasteiger partial charge >= 0.3 is 0 Å². The molecule has 4 heteroatoms. The maximum atomic E-state index is 12.5. The highest BCUT2D eigenvalue weighted by atomic mass is 32.1. The van der Waals surface area contributed by atoms with Gasteiger partial charge in [0.1, 0.15) is 12.4 Å². The SMILES string of the molecule is Cc1ccc(NC(=O)c2cc(COc3cccc(C)c3C)cs2)cc1C. The molecule has 3 nitrogen and oxygen atoms in total. The molecule has 0 spiro atoms. The van der Waals surface area contributed by atoms with E-state index in [1.165, 1.54) is 22.5 Å². The van der Waals surface area contributed by atoms with Gasteiger partial charge in [-0.2, -0.15) is 0 Å². The lowest BCUT2D eigenvalue weighted by Gasteiger charge is -2.09. The minimum Gasteiger partial charge on any atom is -0.489 e. The Balaban J connectivity index is 1.64. The van der Waals surface area contributed by atoms with Crippen molar-refractivity contribution in [3.8, 4) is 5.75 Å². The summed E-state index contributed by atoms with van der Waals surface area (Å²) < 4.78 is 5.92. The number of carbonyl (C=O) groups excluding carboxylic acids is 1. The standard InChI is InChI=1S/C22H23NO2S/c1-14-8-9-19(10-16(14)3)23-22(24)21-11-18(13-26-21)12-25-20-7-5-6-15(2)17(20)4/h5-11,13H,12H2,1-4H3,(H,23,24). The van der Waals surface area contributed by atoms with Gasteiger partial charge in [-0.25, -0.2) is 0 Å². The van der Waals surface area contributed by atoms with E-state index >= 15 is 0 Å². The largest absolute Gasteiger partial charge is 0.489 e. The lowest BCUT2D eigenvalue weighted by Crippen LogP contribution is -2.10. The molecule has 1 aromatic heterocycles. The molecule has 1 amide bonds. The average Bonchev–Trinajstić information content (AvgIpc) is 3.09. The molecule has 0 unspecified atom stereocenters. The van der Waals surface area contributed by atoms with Crippen LogP contribution < -0.4 is 10.1 Å². The number of aryl methyl sites for hydroxylation is 3. The normalized spacial score (nSPS) is 10.6. The van der Waals surface area contributed by atoms with Gasteiger partial charge in [-0.3, -0.25) is 4.79 Å². The van der Waals surface area contributed by atoms with Crippen LogP contribution in [0.5, 0.6) is 5.75 Å². The van der Waals surface area contributed by atoms with Crippen molar-refractivity contribution < 1.29 is 9.53 Å². The maximum Gasteiger partial charge on any atom is 0.265 e. The third-order valence-corrected chi connectivity index (χ3v) is 5.57. The third-order valence-electron chi connectivity index (χ3n) is 4.59. The van der Waals surface area contributed by atoms with Gasteiger partial charge in [-0.15, -0.1) is 11.3 Å². The smallest absolute Gasteiger partial charge is 0.265 e. The first-order chi connectivity index (χ1) is 12.4. The number of hydrogen-bond donors (Lipinski definition) is 1. The van der Waals surface area contributed by atoms with Crippen LogP contribution >= 0.6 is 11.3 Å². The molecule has 2 aromatic carbocycles. The number of anilines is 1. The molecule has 134 valence electrons. The highest BCUT2D eigenvalue weighted by Gasteiger charge is 2.11. The van der Waals surface area contributed by atoms with E-state index in [4.69, 9.17) is 4.74 Å². The minimum atomic E-state index is -0.0868. The van der Waals surface area contributed by atoms with Crippen LogP contribution in [0.15, 0.2) is 47.8 Å². The summed E-state index contributed by atoms with van der Waals surface area (Å²) in [5.41, 5.74) is 6.55. The zero-order chi connectivity index (χ0) is 18.7. The number of benzene rings is 2. The Kier molecular flexibility index (Phi) is 5.43. The Morgan fingerprint density at radius 3 is 2.58 bits per heavy atom. The number of carbonyl (C=O) groups is 1. The van der Waals surface area contributed by atoms with Gasteiger partial charge < -0.3 is 10.1 Å². The van der Waals surface area contributed by atoms with Gasteiger partial charge in [0.15, 0.2) is 0 Å². The van der Waals surface area contributed by atoms with E-state index in [2.05, 4.69) is 32.2 Å². The van der Waals surface area contributed by atoms with E-state index in [1.54, 1.807) is 0 Å². The monoisotopic (exact) mass is 365 g/mol. The summed E-state index contributed by atoms with van der Waals surface area (Å²) >= 11 is 1.43. The van der Waals surface area contributed by atoms with Crippen molar-refractivity contribution in [3.05, 3.63) is 80.5 Å². The molecule has 0 aliphatic rings. The minimum absolute atomic E-state index is 0.0868.